The van der Waals surface area contributed by atoms with E-state index in [-0.39, 0.29) is 11.7 Å². The number of furan rings is 1. The minimum Gasteiger partial charge on any atom is -0.462 e. The topological polar surface area (TPSA) is 42.7 Å². The van der Waals surface area contributed by atoms with Gasteiger partial charge in [0.05, 0.1) is 6.54 Å². The summed E-state index contributed by atoms with van der Waals surface area (Å²) in [5.74, 6) is 1.99. The molecule has 0 bridgehead atoms. The van der Waals surface area contributed by atoms with Crippen molar-refractivity contribution in [3.63, 3.8) is 0 Å². The van der Waals surface area contributed by atoms with E-state index in [0.717, 1.165) is 49.6 Å². The lowest BCUT2D eigenvalue weighted by molar-refractivity contribution is 0.0800. The molecule has 1 aliphatic rings. The molecular formula is C19H22ClNO3. The summed E-state index contributed by atoms with van der Waals surface area (Å²) in [5, 5.41) is 0.654. The van der Waals surface area contributed by atoms with Crippen molar-refractivity contribution in [1.82, 2.24) is 4.90 Å². The molecule has 1 aliphatic heterocycles. The van der Waals surface area contributed by atoms with Gasteiger partial charge in [0.2, 0.25) is 0 Å². The van der Waals surface area contributed by atoms with E-state index in [1.807, 2.05) is 24.3 Å². The maximum Gasteiger partial charge on any atom is 0.167 e. The van der Waals surface area contributed by atoms with E-state index < -0.39 is 0 Å². The van der Waals surface area contributed by atoms with Crippen LogP contribution in [0.4, 0.5) is 0 Å². The Kier molecular flexibility index (Phi) is 5.72. The molecule has 0 spiro atoms. The predicted molar refractivity (Wildman–Crippen MR) is 93.2 cm³/mol. The van der Waals surface area contributed by atoms with Crippen LogP contribution in [0.1, 0.15) is 34.7 Å². The zero-order valence-corrected chi connectivity index (χ0v) is 14.6. The Hall–Kier alpha value is -1.62. The molecule has 0 radical (unpaired) electrons. The lowest BCUT2D eigenvalue weighted by Crippen LogP contribution is -2.38. The highest BCUT2D eigenvalue weighted by molar-refractivity contribution is 6.30. The van der Waals surface area contributed by atoms with E-state index in [9.17, 15) is 4.79 Å². The quantitative estimate of drug-likeness (QED) is 0.735. The molecule has 0 saturated carbocycles. The van der Waals surface area contributed by atoms with Gasteiger partial charge in [0.25, 0.3) is 0 Å². The van der Waals surface area contributed by atoms with E-state index in [4.69, 9.17) is 20.8 Å². The van der Waals surface area contributed by atoms with Gasteiger partial charge in [-0.3, -0.25) is 9.69 Å². The standard InChI is InChI=1S/C19H22ClNO3/c1-23-13-18-9-8-17(24-18)12-21-10-2-3-15(11-21)19(22)14-4-6-16(20)7-5-14/h4-9,15H,2-3,10-13H2,1H3. The smallest absolute Gasteiger partial charge is 0.167 e. The normalized spacial score (nSPS) is 18.7. The molecule has 24 heavy (non-hydrogen) atoms. The van der Waals surface area contributed by atoms with Crippen LogP contribution in [0.15, 0.2) is 40.8 Å². The fraction of sp³-hybridized carbons (Fsp3) is 0.421. The average Bonchev–Trinajstić information content (AvgIpc) is 3.02. The summed E-state index contributed by atoms with van der Waals surface area (Å²) in [6.07, 6.45) is 1.96. The number of piperidine rings is 1. The van der Waals surface area contributed by atoms with Gasteiger partial charge in [0.15, 0.2) is 5.78 Å². The lowest BCUT2D eigenvalue weighted by Gasteiger charge is -2.31. The number of methoxy groups -OCH3 is 1. The molecule has 2 aromatic rings. The Morgan fingerprint density at radius 2 is 2.00 bits per heavy atom. The number of halogens is 1. The Morgan fingerprint density at radius 1 is 1.25 bits per heavy atom. The number of benzene rings is 1. The number of carbonyl (C=O) groups is 1. The first-order valence-electron chi connectivity index (χ1n) is 8.24. The van der Waals surface area contributed by atoms with Crippen LogP contribution in [0.3, 0.4) is 0 Å². The van der Waals surface area contributed by atoms with Crippen LogP contribution in [0, 0.1) is 5.92 Å². The van der Waals surface area contributed by atoms with Crippen LogP contribution in [-0.4, -0.2) is 30.9 Å². The minimum atomic E-state index is 0.0355. The summed E-state index contributed by atoms with van der Waals surface area (Å²) in [5.41, 5.74) is 0.742. The second-order valence-corrected chi connectivity index (χ2v) is 6.68. The molecule has 3 rings (SSSR count). The summed E-state index contributed by atoms with van der Waals surface area (Å²) in [7, 11) is 1.65. The second kappa shape index (κ2) is 7.97. The van der Waals surface area contributed by atoms with Gasteiger partial charge >= 0.3 is 0 Å². The number of likely N-dealkylation sites (tertiary alicyclic amines) is 1. The molecule has 0 N–H and O–H groups in total. The fourth-order valence-corrected chi connectivity index (χ4v) is 3.34. The summed E-state index contributed by atoms with van der Waals surface area (Å²) in [4.78, 5) is 15.0. The van der Waals surface area contributed by atoms with Crippen LogP contribution in [-0.2, 0) is 17.9 Å². The zero-order valence-electron chi connectivity index (χ0n) is 13.8. The maximum atomic E-state index is 12.7. The first kappa shape index (κ1) is 17.2. The van der Waals surface area contributed by atoms with Crippen molar-refractivity contribution in [3.05, 3.63) is 58.5 Å². The molecule has 1 fully saturated rings. The highest BCUT2D eigenvalue weighted by Crippen LogP contribution is 2.23. The van der Waals surface area contributed by atoms with Crippen molar-refractivity contribution in [2.45, 2.75) is 26.0 Å². The predicted octanol–water partition coefficient (Wildman–Crippen LogP) is 4.17. The third kappa shape index (κ3) is 4.26. The number of nitrogens with zero attached hydrogens (tertiary/aromatic N) is 1. The van der Waals surface area contributed by atoms with Gasteiger partial charge in [0.1, 0.15) is 18.1 Å². The van der Waals surface area contributed by atoms with E-state index >= 15 is 0 Å². The minimum absolute atomic E-state index is 0.0355. The van der Waals surface area contributed by atoms with E-state index in [0.29, 0.717) is 11.6 Å². The number of ketones is 1. The number of rotatable bonds is 6. The van der Waals surface area contributed by atoms with Crippen molar-refractivity contribution in [2.24, 2.45) is 5.92 Å². The van der Waals surface area contributed by atoms with Crippen molar-refractivity contribution >= 4 is 17.4 Å². The zero-order chi connectivity index (χ0) is 16.9. The van der Waals surface area contributed by atoms with Gasteiger partial charge in [-0.1, -0.05) is 11.6 Å². The molecule has 2 heterocycles. The third-order valence-electron chi connectivity index (χ3n) is 4.39. The molecule has 0 aliphatic carbocycles. The fourth-order valence-electron chi connectivity index (χ4n) is 3.21. The number of hydrogen-bond acceptors (Lipinski definition) is 4. The maximum absolute atomic E-state index is 12.7. The van der Waals surface area contributed by atoms with Gasteiger partial charge in [-0.25, -0.2) is 0 Å². The van der Waals surface area contributed by atoms with Gasteiger partial charge in [-0.15, -0.1) is 0 Å². The summed E-state index contributed by atoms with van der Waals surface area (Å²) < 4.78 is 10.8. The molecule has 1 saturated heterocycles. The number of Topliss-reactive ketones (excluding diaryl/α,β-unsaturated/α-hetero) is 1. The monoisotopic (exact) mass is 347 g/mol. The molecule has 1 unspecified atom stereocenters. The molecule has 1 aromatic carbocycles. The molecule has 5 heteroatoms. The van der Waals surface area contributed by atoms with Gasteiger partial charge in [-0.2, -0.15) is 0 Å². The number of ether oxygens (including phenoxy) is 1. The SMILES string of the molecule is COCc1ccc(CN2CCCC(C(=O)c3ccc(Cl)cc3)C2)o1. The Balaban J connectivity index is 1.61. The Morgan fingerprint density at radius 3 is 2.75 bits per heavy atom. The second-order valence-electron chi connectivity index (χ2n) is 6.25. The van der Waals surface area contributed by atoms with Gasteiger partial charge in [0, 0.05) is 30.2 Å². The molecular weight excluding hydrogens is 326 g/mol. The van der Waals surface area contributed by atoms with Crippen LogP contribution < -0.4 is 0 Å². The third-order valence-corrected chi connectivity index (χ3v) is 4.64. The van der Waals surface area contributed by atoms with Gasteiger partial charge < -0.3 is 9.15 Å². The van der Waals surface area contributed by atoms with Crippen molar-refractivity contribution in [2.75, 3.05) is 20.2 Å². The Bertz CT molecular complexity index is 680. The number of hydrogen-bond donors (Lipinski definition) is 0. The van der Waals surface area contributed by atoms with Crippen LogP contribution >= 0.6 is 11.6 Å². The lowest BCUT2D eigenvalue weighted by atomic mass is 9.90. The van der Waals surface area contributed by atoms with E-state index in [2.05, 4.69) is 4.90 Å². The van der Waals surface area contributed by atoms with E-state index in [1.54, 1.807) is 19.2 Å². The summed E-state index contributed by atoms with van der Waals surface area (Å²) in [6.45, 7) is 2.97. The summed E-state index contributed by atoms with van der Waals surface area (Å²) in [6, 6.07) is 11.1. The molecule has 4 nitrogen and oxygen atoms in total. The average molecular weight is 348 g/mol. The molecule has 0 amide bonds. The van der Waals surface area contributed by atoms with Crippen LogP contribution in [0.25, 0.3) is 0 Å². The number of carbonyl (C=O) groups excluding carboxylic acids is 1. The first-order chi connectivity index (χ1) is 11.7. The molecule has 1 atom stereocenters. The van der Waals surface area contributed by atoms with Gasteiger partial charge in [-0.05, 0) is 55.8 Å². The first-order valence-corrected chi connectivity index (χ1v) is 8.62. The Labute approximate surface area is 147 Å². The molecule has 1 aromatic heterocycles. The highest BCUT2D eigenvalue weighted by Gasteiger charge is 2.27. The van der Waals surface area contributed by atoms with Crippen molar-refractivity contribution in [1.29, 1.82) is 0 Å². The summed E-state index contributed by atoms with van der Waals surface area (Å²) >= 11 is 5.90. The van der Waals surface area contributed by atoms with Crippen LogP contribution in [0.2, 0.25) is 5.02 Å². The molecule has 128 valence electrons. The van der Waals surface area contributed by atoms with Crippen LogP contribution in [0.5, 0.6) is 0 Å². The van der Waals surface area contributed by atoms with E-state index in [1.165, 1.54) is 0 Å². The largest absolute Gasteiger partial charge is 0.462 e. The highest BCUT2D eigenvalue weighted by atomic mass is 35.5. The van der Waals surface area contributed by atoms with Crippen molar-refractivity contribution in [3.8, 4) is 0 Å². The van der Waals surface area contributed by atoms with Crippen molar-refractivity contribution < 1.29 is 13.9 Å².